The molecule has 1 aliphatic carbocycles. The molecule has 19 heavy (non-hydrogen) atoms. The molecule has 0 spiro atoms. The van der Waals surface area contributed by atoms with Crippen LogP contribution in [0.5, 0.6) is 0 Å². The number of ketones is 1. The molecule has 0 aromatic heterocycles. The van der Waals surface area contributed by atoms with E-state index >= 15 is 0 Å². The minimum absolute atomic E-state index is 0.227. The normalized spacial score (nSPS) is 30.7. The number of carbonyl (C=O) groups excluding carboxylic acids is 1. The molecule has 0 amide bonds. The van der Waals surface area contributed by atoms with Gasteiger partial charge in [-0.15, -0.1) is 0 Å². The van der Waals surface area contributed by atoms with Crippen molar-refractivity contribution < 1.29 is 4.79 Å². The Morgan fingerprint density at radius 1 is 1.05 bits per heavy atom. The van der Waals surface area contributed by atoms with E-state index < -0.39 is 0 Å². The lowest BCUT2D eigenvalue weighted by molar-refractivity contribution is -0.127. The summed E-state index contributed by atoms with van der Waals surface area (Å²) in [5.74, 6) is 2.88. The first-order chi connectivity index (χ1) is 9.06. The molecule has 0 aromatic rings. The summed E-state index contributed by atoms with van der Waals surface area (Å²) in [6, 6.07) is 0. The fraction of sp³-hybridized carbons (Fsp3) is 0.941. The average molecular weight is 265 g/mol. The number of rotatable bonds is 4. The molecule has 2 fully saturated rings. The predicted octanol–water partition coefficient (Wildman–Crippen LogP) is 3.75. The first-order valence-electron chi connectivity index (χ1n) is 8.32. The number of piperidine rings is 1. The quantitative estimate of drug-likeness (QED) is 0.771. The monoisotopic (exact) mass is 265 g/mol. The van der Waals surface area contributed by atoms with Crippen LogP contribution in [0.2, 0.25) is 0 Å². The summed E-state index contributed by atoms with van der Waals surface area (Å²) in [5, 5.41) is 0. The van der Waals surface area contributed by atoms with Crippen molar-refractivity contribution in [1.29, 1.82) is 0 Å². The number of hydrogen-bond donors (Lipinski definition) is 0. The lowest BCUT2D eigenvalue weighted by atomic mass is 9.77. The zero-order valence-electron chi connectivity index (χ0n) is 13.0. The van der Waals surface area contributed by atoms with Gasteiger partial charge < -0.3 is 4.90 Å². The standard InChI is InChI=1S/C17H31NO/c1-13(2)17(19)16-6-4-15(5-7-16)12-18-10-8-14(3)9-11-18/h13-16H,4-12H2,1-3H3. The SMILES string of the molecule is CC1CCN(CC2CCC(C(=O)C(C)C)CC2)CC1. The zero-order chi connectivity index (χ0) is 13.8. The van der Waals surface area contributed by atoms with Gasteiger partial charge in [0, 0.05) is 18.4 Å². The van der Waals surface area contributed by atoms with Crippen molar-refractivity contribution in [2.45, 2.75) is 59.3 Å². The van der Waals surface area contributed by atoms with Crippen LogP contribution in [0.15, 0.2) is 0 Å². The van der Waals surface area contributed by atoms with Crippen molar-refractivity contribution in [3.63, 3.8) is 0 Å². The van der Waals surface area contributed by atoms with Gasteiger partial charge in [0.15, 0.2) is 0 Å². The van der Waals surface area contributed by atoms with Crippen LogP contribution in [0, 0.1) is 23.7 Å². The summed E-state index contributed by atoms with van der Waals surface area (Å²) in [6.07, 6.45) is 7.59. The predicted molar refractivity (Wildman–Crippen MR) is 80.1 cm³/mol. The van der Waals surface area contributed by atoms with Crippen LogP contribution >= 0.6 is 0 Å². The lowest BCUT2D eigenvalue weighted by Crippen LogP contribution is -2.38. The average Bonchev–Trinajstić information content (AvgIpc) is 2.41. The van der Waals surface area contributed by atoms with Crippen LogP contribution in [-0.4, -0.2) is 30.3 Å². The first kappa shape index (κ1) is 15.0. The Balaban J connectivity index is 1.70. The van der Waals surface area contributed by atoms with Gasteiger partial charge in [0.05, 0.1) is 0 Å². The Morgan fingerprint density at radius 3 is 2.16 bits per heavy atom. The summed E-state index contributed by atoms with van der Waals surface area (Å²) >= 11 is 0. The second-order valence-electron chi connectivity index (χ2n) is 7.26. The van der Waals surface area contributed by atoms with E-state index in [0.717, 1.165) is 24.7 Å². The number of carbonyl (C=O) groups is 1. The van der Waals surface area contributed by atoms with Crippen molar-refractivity contribution in [1.82, 2.24) is 4.90 Å². The Bertz CT molecular complexity index is 284. The number of nitrogens with zero attached hydrogens (tertiary/aromatic N) is 1. The molecule has 2 nitrogen and oxygen atoms in total. The molecule has 1 aliphatic heterocycles. The maximum atomic E-state index is 12.0. The van der Waals surface area contributed by atoms with Gasteiger partial charge in [0.1, 0.15) is 5.78 Å². The molecular formula is C17H31NO. The number of hydrogen-bond acceptors (Lipinski definition) is 2. The molecule has 0 atom stereocenters. The van der Waals surface area contributed by atoms with Crippen LogP contribution in [0.1, 0.15) is 59.3 Å². The fourth-order valence-electron chi connectivity index (χ4n) is 3.71. The van der Waals surface area contributed by atoms with Crippen LogP contribution in [0.3, 0.4) is 0 Å². The minimum atomic E-state index is 0.227. The van der Waals surface area contributed by atoms with Gasteiger partial charge in [-0.25, -0.2) is 0 Å². The summed E-state index contributed by atoms with van der Waals surface area (Å²) in [5.41, 5.74) is 0. The molecule has 0 N–H and O–H groups in total. The summed E-state index contributed by atoms with van der Waals surface area (Å²) in [7, 11) is 0. The first-order valence-corrected chi connectivity index (χ1v) is 8.32. The second kappa shape index (κ2) is 6.88. The van der Waals surface area contributed by atoms with Crippen molar-refractivity contribution >= 4 is 5.78 Å². The number of likely N-dealkylation sites (tertiary alicyclic amines) is 1. The van der Waals surface area contributed by atoms with E-state index in [2.05, 4.69) is 11.8 Å². The van der Waals surface area contributed by atoms with Crippen LogP contribution in [-0.2, 0) is 4.79 Å². The van der Waals surface area contributed by atoms with Gasteiger partial charge in [-0.05, 0) is 63.5 Å². The maximum Gasteiger partial charge on any atom is 0.138 e. The van der Waals surface area contributed by atoms with Gasteiger partial charge in [0.25, 0.3) is 0 Å². The Hall–Kier alpha value is -0.370. The molecule has 0 radical (unpaired) electrons. The van der Waals surface area contributed by atoms with E-state index in [1.807, 2.05) is 13.8 Å². The maximum absolute atomic E-state index is 12.0. The molecule has 1 saturated carbocycles. The van der Waals surface area contributed by atoms with Crippen molar-refractivity contribution in [3.8, 4) is 0 Å². The van der Waals surface area contributed by atoms with E-state index in [4.69, 9.17) is 0 Å². The third-order valence-corrected chi connectivity index (χ3v) is 5.21. The molecule has 2 aliphatic rings. The smallest absolute Gasteiger partial charge is 0.138 e. The van der Waals surface area contributed by atoms with E-state index in [1.54, 1.807) is 0 Å². The Labute approximate surface area is 118 Å². The highest BCUT2D eigenvalue weighted by Gasteiger charge is 2.28. The highest BCUT2D eigenvalue weighted by atomic mass is 16.1. The second-order valence-corrected chi connectivity index (χ2v) is 7.26. The fourth-order valence-corrected chi connectivity index (χ4v) is 3.71. The van der Waals surface area contributed by atoms with Crippen LogP contribution in [0.4, 0.5) is 0 Å². The molecular weight excluding hydrogens is 234 g/mol. The molecule has 0 aromatic carbocycles. The van der Waals surface area contributed by atoms with Crippen LogP contribution < -0.4 is 0 Å². The molecule has 2 rings (SSSR count). The summed E-state index contributed by atoms with van der Waals surface area (Å²) < 4.78 is 0. The summed E-state index contributed by atoms with van der Waals surface area (Å²) in [4.78, 5) is 14.7. The molecule has 0 unspecified atom stereocenters. The van der Waals surface area contributed by atoms with E-state index in [9.17, 15) is 4.79 Å². The number of Topliss-reactive ketones (excluding diaryl/α,β-unsaturated/α-hetero) is 1. The third-order valence-electron chi connectivity index (χ3n) is 5.21. The van der Waals surface area contributed by atoms with E-state index in [1.165, 1.54) is 45.3 Å². The Morgan fingerprint density at radius 2 is 1.63 bits per heavy atom. The highest BCUT2D eigenvalue weighted by molar-refractivity contribution is 5.82. The highest BCUT2D eigenvalue weighted by Crippen LogP contribution is 2.32. The lowest BCUT2D eigenvalue weighted by Gasteiger charge is -2.35. The Kier molecular flexibility index (Phi) is 5.44. The van der Waals surface area contributed by atoms with Gasteiger partial charge in [-0.3, -0.25) is 4.79 Å². The van der Waals surface area contributed by atoms with Crippen molar-refractivity contribution in [2.75, 3.05) is 19.6 Å². The molecule has 110 valence electrons. The molecule has 2 heteroatoms. The van der Waals surface area contributed by atoms with Crippen molar-refractivity contribution in [3.05, 3.63) is 0 Å². The van der Waals surface area contributed by atoms with Crippen LogP contribution in [0.25, 0.3) is 0 Å². The van der Waals surface area contributed by atoms with Gasteiger partial charge in [-0.2, -0.15) is 0 Å². The topological polar surface area (TPSA) is 20.3 Å². The molecule has 1 saturated heterocycles. The summed E-state index contributed by atoms with van der Waals surface area (Å²) in [6.45, 7) is 10.3. The van der Waals surface area contributed by atoms with Gasteiger partial charge in [0.2, 0.25) is 0 Å². The largest absolute Gasteiger partial charge is 0.303 e. The van der Waals surface area contributed by atoms with Crippen molar-refractivity contribution in [2.24, 2.45) is 23.7 Å². The van der Waals surface area contributed by atoms with E-state index in [-0.39, 0.29) is 5.92 Å². The van der Waals surface area contributed by atoms with E-state index in [0.29, 0.717) is 11.7 Å². The third kappa shape index (κ3) is 4.30. The molecule has 0 bridgehead atoms. The van der Waals surface area contributed by atoms with Gasteiger partial charge >= 0.3 is 0 Å². The molecule has 1 heterocycles. The van der Waals surface area contributed by atoms with Gasteiger partial charge in [-0.1, -0.05) is 20.8 Å². The minimum Gasteiger partial charge on any atom is -0.303 e. The zero-order valence-corrected chi connectivity index (χ0v) is 13.0.